The Labute approximate surface area is 225 Å². The first kappa shape index (κ1) is 24.6. The number of nitrogens with two attached hydrogens (primary N) is 1. The standard InChI is InChI=1S/C29H29N7O3/c30-28(38)25-3-1-2-21-19-36(32-27(21)25)24-10-8-22(9-11-24)34-16-14-33(15-17-34)18-20-4-6-23(7-5-20)35-13-12-26(37)31-29(35)39/h1-11,19H,12-18H2,(H2,30,38)(H,31,37,39). The number of hydrogen-bond acceptors (Lipinski definition) is 6. The van der Waals surface area contributed by atoms with Gasteiger partial charge >= 0.3 is 6.03 Å². The second-order valence-corrected chi connectivity index (χ2v) is 9.88. The number of urea groups is 1. The number of anilines is 2. The summed E-state index contributed by atoms with van der Waals surface area (Å²) in [7, 11) is 0. The Morgan fingerprint density at radius 3 is 2.23 bits per heavy atom. The lowest BCUT2D eigenvalue weighted by atomic mass is 10.1. The Hall–Kier alpha value is -4.70. The van der Waals surface area contributed by atoms with E-state index in [0.717, 1.165) is 55.2 Å². The number of hydrogen-bond donors (Lipinski definition) is 2. The Kier molecular flexibility index (Phi) is 6.45. The molecule has 0 saturated carbocycles. The molecule has 0 bridgehead atoms. The number of piperazine rings is 1. The number of carbonyl (C=O) groups is 3. The molecule has 3 aromatic carbocycles. The van der Waals surface area contributed by atoms with Gasteiger partial charge in [0.05, 0.1) is 11.3 Å². The second kappa shape index (κ2) is 10.2. The van der Waals surface area contributed by atoms with E-state index in [0.29, 0.717) is 24.0 Å². The van der Waals surface area contributed by atoms with Crippen LogP contribution >= 0.6 is 0 Å². The molecular formula is C29H29N7O3. The number of amides is 4. The van der Waals surface area contributed by atoms with Gasteiger partial charge in [-0.15, -0.1) is 0 Å². The largest absolute Gasteiger partial charge is 0.369 e. The Morgan fingerprint density at radius 2 is 1.54 bits per heavy atom. The van der Waals surface area contributed by atoms with Crippen LogP contribution in [-0.4, -0.2) is 65.2 Å². The zero-order valence-corrected chi connectivity index (χ0v) is 21.4. The molecule has 3 N–H and O–H groups in total. The number of rotatable bonds is 6. The molecule has 2 saturated heterocycles. The molecule has 10 nitrogen and oxygen atoms in total. The van der Waals surface area contributed by atoms with E-state index in [1.165, 1.54) is 5.56 Å². The number of nitrogens with zero attached hydrogens (tertiary/aromatic N) is 5. The summed E-state index contributed by atoms with van der Waals surface area (Å²) in [6.07, 6.45) is 2.23. The number of benzene rings is 3. The van der Waals surface area contributed by atoms with Gasteiger partial charge in [0.1, 0.15) is 5.52 Å². The van der Waals surface area contributed by atoms with Crippen molar-refractivity contribution in [3.8, 4) is 5.69 Å². The van der Waals surface area contributed by atoms with Crippen molar-refractivity contribution < 1.29 is 14.4 Å². The van der Waals surface area contributed by atoms with Crippen molar-refractivity contribution in [3.05, 3.63) is 84.1 Å². The highest BCUT2D eigenvalue weighted by atomic mass is 16.2. The number of nitrogens with one attached hydrogen (secondary N) is 1. The average Bonchev–Trinajstić information content (AvgIpc) is 3.39. The van der Waals surface area contributed by atoms with Crippen molar-refractivity contribution in [2.45, 2.75) is 13.0 Å². The summed E-state index contributed by atoms with van der Waals surface area (Å²) in [5, 5.41) is 7.83. The average molecular weight is 524 g/mol. The number of primary amides is 1. The van der Waals surface area contributed by atoms with Crippen LogP contribution in [0.1, 0.15) is 22.3 Å². The lowest BCUT2D eigenvalue weighted by Crippen LogP contribution is -2.49. The fourth-order valence-electron chi connectivity index (χ4n) is 5.21. The van der Waals surface area contributed by atoms with E-state index >= 15 is 0 Å². The van der Waals surface area contributed by atoms with Gasteiger partial charge in [-0.2, -0.15) is 5.10 Å². The fourth-order valence-corrected chi connectivity index (χ4v) is 5.21. The second-order valence-electron chi connectivity index (χ2n) is 9.88. The highest BCUT2D eigenvalue weighted by molar-refractivity contribution is 6.06. The molecule has 39 heavy (non-hydrogen) atoms. The van der Waals surface area contributed by atoms with Crippen molar-refractivity contribution >= 4 is 40.1 Å². The molecule has 0 aliphatic carbocycles. The van der Waals surface area contributed by atoms with Crippen molar-refractivity contribution in [2.24, 2.45) is 5.73 Å². The highest BCUT2D eigenvalue weighted by Crippen LogP contribution is 2.23. The van der Waals surface area contributed by atoms with Crippen LogP contribution in [0.15, 0.2) is 72.9 Å². The van der Waals surface area contributed by atoms with Crippen molar-refractivity contribution in [1.82, 2.24) is 20.0 Å². The summed E-state index contributed by atoms with van der Waals surface area (Å²) >= 11 is 0. The van der Waals surface area contributed by atoms with E-state index in [1.54, 1.807) is 15.6 Å². The van der Waals surface area contributed by atoms with Crippen LogP contribution < -0.4 is 20.9 Å². The van der Waals surface area contributed by atoms with Gasteiger partial charge in [-0.1, -0.05) is 24.3 Å². The molecule has 2 aliphatic heterocycles. The minimum atomic E-state index is -0.484. The van der Waals surface area contributed by atoms with Crippen molar-refractivity contribution in [2.75, 3.05) is 42.5 Å². The van der Waals surface area contributed by atoms with E-state index in [1.807, 2.05) is 42.6 Å². The molecule has 0 atom stereocenters. The van der Waals surface area contributed by atoms with Crippen LogP contribution in [0.5, 0.6) is 0 Å². The molecule has 3 heterocycles. The maximum Gasteiger partial charge on any atom is 0.328 e. The smallest absolute Gasteiger partial charge is 0.328 e. The van der Waals surface area contributed by atoms with E-state index in [4.69, 9.17) is 5.73 Å². The van der Waals surface area contributed by atoms with E-state index in [9.17, 15) is 14.4 Å². The summed E-state index contributed by atoms with van der Waals surface area (Å²) < 4.78 is 1.78. The summed E-state index contributed by atoms with van der Waals surface area (Å²) in [6.45, 7) is 4.99. The van der Waals surface area contributed by atoms with Gasteiger partial charge in [0.2, 0.25) is 5.91 Å². The monoisotopic (exact) mass is 523 g/mol. The molecule has 4 aromatic rings. The maximum atomic E-state index is 12.1. The van der Waals surface area contributed by atoms with Crippen LogP contribution in [0.4, 0.5) is 16.2 Å². The highest BCUT2D eigenvalue weighted by Gasteiger charge is 2.24. The third-order valence-corrected chi connectivity index (χ3v) is 7.36. The third-order valence-electron chi connectivity index (χ3n) is 7.36. The number of aromatic nitrogens is 2. The van der Waals surface area contributed by atoms with Crippen LogP contribution in [0.3, 0.4) is 0 Å². The summed E-state index contributed by atoms with van der Waals surface area (Å²) in [5.74, 6) is -0.711. The van der Waals surface area contributed by atoms with Gasteiger partial charge in [-0.25, -0.2) is 9.48 Å². The Morgan fingerprint density at radius 1 is 0.846 bits per heavy atom. The first-order valence-electron chi connectivity index (χ1n) is 13.0. The molecule has 2 fully saturated rings. The summed E-state index contributed by atoms with van der Waals surface area (Å²) in [4.78, 5) is 41.6. The summed E-state index contributed by atoms with van der Waals surface area (Å²) in [5.41, 5.74) is 10.6. The minimum Gasteiger partial charge on any atom is -0.369 e. The lowest BCUT2D eigenvalue weighted by molar-refractivity contribution is -0.120. The zero-order chi connectivity index (χ0) is 26.9. The van der Waals surface area contributed by atoms with Crippen LogP contribution in [0.2, 0.25) is 0 Å². The molecule has 0 radical (unpaired) electrons. The fraction of sp³-hybridized carbons (Fsp3) is 0.241. The van der Waals surface area contributed by atoms with Crippen LogP contribution in [-0.2, 0) is 11.3 Å². The van der Waals surface area contributed by atoms with Crippen LogP contribution in [0, 0.1) is 0 Å². The third kappa shape index (κ3) is 5.06. The Balaban J connectivity index is 1.05. The Bertz CT molecular complexity index is 1540. The lowest BCUT2D eigenvalue weighted by Gasteiger charge is -2.36. The topological polar surface area (TPSA) is 117 Å². The molecule has 4 amide bonds. The molecule has 10 heteroatoms. The first-order chi connectivity index (χ1) is 18.9. The van der Waals surface area contributed by atoms with Gasteiger partial charge in [-0.05, 0) is 48.0 Å². The minimum absolute atomic E-state index is 0.227. The molecule has 0 unspecified atom stereocenters. The molecule has 2 aliphatic rings. The number of carbonyl (C=O) groups excluding carboxylic acids is 3. The molecule has 198 valence electrons. The van der Waals surface area contributed by atoms with E-state index in [-0.39, 0.29) is 11.9 Å². The molecular weight excluding hydrogens is 494 g/mol. The zero-order valence-electron chi connectivity index (χ0n) is 21.4. The van der Waals surface area contributed by atoms with Gasteiger partial charge in [0, 0.05) is 68.6 Å². The maximum absolute atomic E-state index is 12.1. The summed E-state index contributed by atoms with van der Waals surface area (Å²) in [6, 6.07) is 21.3. The van der Waals surface area contributed by atoms with Gasteiger partial charge in [-0.3, -0.25) is 24.7 Å². The quantitative estimate of drug-likeness (QED) is 0.402. The van der Waals surface area contributed by atoms with Crippen molar-refractivity contribution in [1.29, 1.82) is 0 Å². The molecule has 6 rings (SSSR count). The van der Waals surface area contributed by atoms with Gasteiger partial charge in [0.25, 0.3) is 5.91 Å². The number of fused-ring (bicyclic) bond motifs is 1. The van der Waals surface area contributed by atoms with Crippen molar-refractivity contribution in [3.63, 3.8) is 0 Å². The van der Waals surface area contributed by atoms with E-state index < -0.39 is 5.91 Å². The first-order valence-corrected chi connectivity index (χ1v) is 13.0. The predicted molar refractivity (Wildman–Crippen MR) is 149 cm³/mol. The van der Waals surface area contributed by atoms with Gasteiger partial charge in [0.15, 0.2) is 0 Å². The normalized spacial score (nSPS) is 16.5. The van der Waals surface area contributed by atoms with Crippen LogP contribution in [0.25, 0.3) is 16.6 Å². The molecule has 0 spiro atoms. The molecule has 1 aromatic heterocycles. The SMILES string of the molecule is NC(=O)c1cccc2cn(-c3ccc(N4CCN(Cc5ccc(N6CCC(=O)NC6=O)cc5)CC4)cc3)nc12. The van der Waals surface area contributed by atoms with E-state index in [2.05, 4.69) is 44.5 Å². The number of imide groups is 1. The van der Waals surface area contributed by atoms with Gasteiger partial charge < -0.3 is 10.6 Å². The predicted octanol–water partition coefficient (Wildman–Crippen LogP) is 2.89.